The molecule has 1 N–H and O–H groups in total. The SMILES string of the molecule is Cc1ccc(N=Nc2ccc(O)c(/C=C3\SC(=O)N(Cc4ccccc4F)C3=O)c2)cc1C. The number of carbonyl (C=O) groups is 2. The van der Waals surface area contributed by atoms with Gasteiger partial charge in [0, 0.05) is 11.1 Å². The van der Waals surface area contributed by atoms with Crippen molar-refractivity contribution in [2.75, 3.05) is 0 Å². The highest BCUT2D eigenvalue weighted by Gasteiger charge is 2.35. The Labute approximate surface area is 194 Å². The van der Waals surface area contributed by atoms with E-state index < -0.39 is 17.0 Å². The number of nitrogens with zero attached hydrogens (tertiary/aromatic N) is 3. The van der Waals surface area contributed by atoms with Gasteiger partial charge in [0.2, 0.25) is 0 Å². The van der Waals surface area contributed by atoms with Crippen LogP contribution in [0.2, 0.25) is 0 Å². The molecule has 0 spiro atoms. The van der Waals surface area contributed by atoms with E-state index >= 15 is 0 Å². The molecule has 1 fully saturated rings. The van der Waals surface area contributed by atoms with Crippen LogP contribution in [-0.4, -0.2) is 21.2 Å². The molecule has 3 aromatic rings. The Hall–Kier alpha value is -3.78. The number of aromatic hydroxyl groups is 1. The Morgan fingerprint density at radius 3 is 2.39 bits per heavy atom. The number of hydrogen-bond donors (Lipinski definition) is 1. The number of hydrogen-bond acceptors (Lipinski definition) is 6. The zero-order valence-electron chi connectivity index (χ0n) is 17.9. The summed E-state index contributed by atoms with van der Waals surface area (Å²) in [5.74, 6) is -1.10. The van der Waals surface area contributed by atoms with Gasteiger partial charge in [0.15, 0.2) is 0 Å². The molecule has 33 heavy (non-hydrogen) atoms. The second-order valence-corrected chi connectivity index (χ2v) is 8.56. The van der Waals surface area contributed by atoms with Crippen LogP contribution in [0.1, 0.15) is 22.3 Å². The average molecular weight is 462 g/mol. The average Bonchev–Trinajstić information content (AvgIpc) is 3.05. The molecule has 1 saturated heterocycles. The van der Waals surface area contributed by atoms with Gasteiger partial charge in [-0.25, -0.2) is 4.39 Å². The third kappa shape index (κ3) is 5.01. The number of carbonyl (C=O) groups excluding carboxylic acids is 2. The molecule has 0 atom stereocenters. The minimum absolute atomic E-state index is 0.0685. The molecule has 6 nitrogen and oxygen atoms in total. The molecular weight excluding hydrogens is 441 g/mol. The van der Waals surface area contributed by atoms with Crippen LogP contribution in [0.3, 0.4) is 0 Å². The summed E-state index contributed by atoms with van der Waals surface area (Å²) in [6.45, 7) is 3.84. The first kappa shape index (κ1) is 22.4. The number of benzene rings is 3. The summed E-state index contributed by atoms with van der Waals surface area (Å²) >= 11 is 0.740. The molecule has 0 aliphatic carbocycles. The lowest BCUT2D eigenvalue weighted by Crippen LogP contribution is -2.27. The molecule has 1 aliphatic heterocycles. The third-order valence-corrected chi connectivity index (χ3v) is 6.14. The van der Waals surface area contributed by atoms with Crippen LogP contribution in [0, 0.1) is 19.7 Å². The summed E-state index contributed by atoms with van der Waals surface area (Å²) in [7, 11) is 0. The van der Waals surface area contributed by atoms with Gasteiger partial charge < -0.3 is 5.11 Å². The van der Waals surface area contributed by atoms with Crippen molar-refractivity contribution in [3.05, 3.63) is 93.6 Å². The summed E-state index contributed by atoms with van der Waals surface area (Å²) in [6, 6.07) is 16.4. The zero-order chi connectivity index (χ0) is 23.5. The highest BCUT2D eigenvalue weighted by atomic mass is 32.2. The second-order valence-electron chi connectivity index (χ2n) is 7.57. The Kier molecular flexibility index (Phi) is 6.37. The number of thioether (sulfide) groups is 1. The third-order valence-electron chi connectivity index (χ3n) is 5.23. The minimum atomic E-state index is -0.546. The lowest BCUT2D eigenvalue weighted by Gasteiger charge is -2.12. The number of azo groups is 1. The van der Waals surface area contributed by atoms with E-state index in [4.69, 9.17) is 0 Å². The predicted octanol–water partition coefficient (Wildman–Crippen LogP) is 6.80. The van der Waals surface area contributed by atoms with Crippen LogP contribution in [0.5, 0.6) is 5.75 Å². The Balaban J connectivity index is 1.56. The predicted molar refractivity (Wildman–Crippen MR) is 126 cm³/mol. The molecule has 8 heteroatoms. The monoisotopic (exact) mass is 461 g/mol. The van der Waals surface area contributed by atoms with Gasteiger partial charge >= 0.3 is 0 Å². The van der Waals surface area contributed by atoms with Gasteiger partial charge in [0.25, 0.3) is 11.1 Å². The maximum absolute atomic E-state index is 14.0. The maximum Gasteiger partial charge on any atom is 0.293 e. The molecule has 4 rings (SSSR count). The van der Waals surface area contributed by atoms with Gasteiger partial charge in [-0.15, -0.1) is 0 Å². The van der Waals surface area contributed by atoms with Gasteiger partial charge in [0.1, 0.15) is 11.6 Å². The molecule has 0 unspecified atom stereocenters. The molecular formula is C25H20FN3O3S. The summed E-state index contributed by atoms with van der Waals surface area (Å²) in [5, 5.41) is 18.2. The van der Waals surface area contributed by atoms with Crippen molar-refractivity contribution in [2.45, 2.75) is 20.4 Å². The van der Waals surface area contributed by atoms with Gasteiger partial charge in [0.05, 0.1) is 22.8 Å². The lowest BCUT2D eigenvalue weighted by molar-refractivity contribution is -0.123. The molecule has 1 heterocycles. The summed E-state index contributed by atoms with van der Waals surface area (Å²) in [4.78, 5) is 26.3. The first-order valence-electron chi connectivity index (χ1n) is 10.1. The Bertz CT molecular complexity index is 1320. The van der Waals surface area contributed by atoms with Crippen molar-refractivity contribution < 1.29 is 19.1 Å². The fourth-order valence-corrected chi connectivity index (χ4v) is 4.03. The van der Waals surface area contributed by atoms with Crippen molar-refractivity contribution in [3.63, 3.8) is 0 Å². The van der Waals surface area contributed by atoms with E-state index in [9.17, 15) is 19.1 Å². The van der Waals surface area contributed by atoms with Gasteiger partial charge in [-0.1, -0.05) is 24.3 Å². The van der Waals surface area contributed by atoms with E-state index in [1.807, 2.05) is 32.0 Å². The van der Waals surface area contributed by atoms with Crippen molar-refractivity contribution in [3.8, 4) is 5.75 Å². The number of imide groups is 1. The van der Waals surface area contributed by atoms with E-state index in [0.717, 1.165) is 27.8 Å². The van der Waals surface area contributed by atoms with Crippen molar-refractivity contribution in [2.24, 2.45) is 10.2 Å². The van der Waals surface area contributed by atoms with E-state index in [-0.39, 0.29) is 22.8 Å². The number of phenolic OH excluding ortho intramolecular Hbond substituents is 1. The maximum atomic E-state index is 14.0. The lowest BCUT2D eigenvalue weighted by atomic mass is 10.1. The number of amides is 2. The quantitative estimate of drug-likeness (QED) is 0.335. The van der Waals surface area contributed by atoms with Crippen LogP contribution >= 0.6 is 11.8 Å². The first-order chi connectivity index (χ1) is 15.8. The summed E-state index contributed by atoms with van der Waals surface area (Å²) in [5.41, 5.74) is 4.00. The molecule has 2 amide bonds. The topological polar surface area (TPSA) is 82.3 Å². The van der Waals surface area contributed by atoms with E-state index in [2.05, 4.69) is 10.2 Å². The number of phenols is 1. The van der Waals surface area contributed by atoms with Crippen LogP contribution in [0.4, 0.5) is 20.6 Å². The minimum Gasteiger partial charge on any atom is -0.507 e. The largest absolute Gasteiger partial charge is 0.507 e. The summed E-state index contributed by atoms with van der Waals surface area (Å²) in [6.07, 6.45) is 1.43. The smallest absolute Gasteiger partial charge is 0.293 e. The molecule has 0 bridgehead atoms. The van der Waals surface area contributed by atoms with Crippen LogP contribution in [0.25, 0.3) is 6.08 Å². The fourth-order valence-electron chi connectivity index (χ4n) is 3.20. The van der Waals surface area contributed by atoms with E-state index in [1.54, 1.807) is 24.3 Å². The second kappa shape index (κ2) is 9.38. The fraction of sp³-hybridized carbons (Fsp3) is 0.120. The van der Waals surface area contributed by atoms with Gasteiger partial charge in [-0.3, -0.25) is 14.5 Å². The molecule has 3 aromatic carbocycles. The number of halogens is 1. The molecule has 0 radical (unpaired) electrons. The Morgan fingerprint density at radius 1 is 0.970 bits per heavy atom. The van der Waals surface area contributed by atoms with Crippen molar-refractivity contribution in [1.82, 2.24) is 4.90 Å². The molecule has 166 valence electrons. The van der Waals surface area contributed by atoms with Crippen molar-refractivity contribution >= 4 is 40.4 Å². The van der Waals surface area contributed by atoms with Crippen LogP contribution in [-0.2, 0) is 11.3 Å². The number of rotatable bonds is 5. The highest BCUT2D eigenvalue weighted by molar-refractivity contribution is 8.18. The standard InChI is InChI=1S/C25H20FN3O3S/c1-15-7-8-19(11-16(15)2)27-28-20-9-10-22(30)18(12-20)13-23-24(31)29(25(32)33-23)14-17-5-3-4-6-21(17)26/h3-13,30H,14H2,1-2H3/b23-13-,28-27?. The van der Waals surface area contributed by atoms with Crippen LogP contribution in [0.15, 0.2) is 75.8 Å². The highest BCUT2D eigenvalue weighted by Crippen LogP contribution is 2.36. The van der Waals surface area contributed by atoms with Crippen LogP contribution < -0.4 is 0 Å². The zero-order valence-corrected chi connectivity index (χ0v) is 18.8. The normalized spacial score (nSPS) is 15.2. The van der Waals surface area contributed by atoms with Gasteiger partial charge in [-0.2, -0.15) is 10.2 Å². The first-order valence-corrected chi connectivity index (χ1v) is 10.9. The molecule has 0 saturated carbocycles. The number of aryl methyl sites for hydroxylation is 2. The molecule has 0 aromatic heterocycles. The summed E-state index contributed by atoms with van der Waals surface area (Å²) < 4.78 is 14.0. The van der Waals surface area contributed by atoms with Crippen molar-refractivity contribution in [1.29, 1.82) is 0 Å². The van der Waals surface area contributed by atoms with Gasteiger partial charge in [-0.05, 0) is 79.2 Å². The Morgan fingerprint density at radius 2 is 1.67 bits per heavy atom. The van der Waals surface area contributed by atoms with E-state index in [1.165, 1.54) is 24.3 Å². The van der Waals surface area contributed by atoms with E-state index in [0.29, 0.717) is 16.9 Å². The molecule has 1 aliphatic rings.